The number of carbonyl (C=O) groups is 2. The van der Waals surface area contributed by atoms with E-state index in [1.165, 1.54) is 12.5 Å². The van der Waals surface area contributed by atoms with Crippen LogP contribution in [0.3, 0.4) is 0 Å². The fourth-order valence-electron chi connectivity index (χ4n) is 2.29. The number of hydrogen-bond acceptors (Lipinski definition) is 3. The molecular weight excluding hydrogens is 268 g/mol. The first-order chi connectivity index (χ1) is 9.97. The molecule has 114 valence electrons. The second kappa shape index (κ2) is 6.72. The van der Waals surface area contributed by atoms with Crippen molar-refractivity contribution in [1.82, 2.24) is 5.32 Å². The smallest absolute Gasteiger partial charge is 0.253 e. The van der Waals surface area contributed by atoms with E-state index in [9.17, 15) is 9.59 Å². The first-order valence-electron chi connectivity index (χ1n) is 7.23. The van der Waals surface area contributed by atoms with Gasteiger partial charge in [0.15, 0.2) is 0 Å². The third kappa shape index (κ3) is 4.04. The molecule has 1 saturated heterocycles. The SMILES string of the molecule is CC(=O)NCC1CN(c2ccc(C(C)C)cc2)C(=O)CO1. The maximum absolute atomic E-state index is 12.0. The number of ether oxygens (including phenoxy) is 1. The molecule has 2 amide bonds. The van der Waals surface area contributed by atoms with Crippen LogP contribution in [-0.2, 0) is 14.3 Å². The topological polar surface area (TPSA) is 58.6 Å². The van der Waals surface area contributed by atoms with Gasteiger partial charge in [-0.1, -0.05) is 26.0 Å². The molecule has 1 N–H and O–H groups in total. The van der Waals surface area contributed by atoms with Crippen molar-refractivity contribution in [3.05, 3.63) is 29.8 Å². The van der Waals surface area contributed by atoms with Gasteiger partial charge in [0.2, 0.25) is 5.91 Å². The summed E-state index contributed by atoms with van der Waals surface area (Å²) >= 11 is 0. The van der Waals surface area contributed by atoms with Crippen molar-refractivity contribution in [1.29, 1.82) is 0 Å². The van der Waals surface area contributed by atoms with Crippen LogP contribution in [0.15, 0.2) is 24.3 Å². The van der Waals surface area contributed by atoms with Crippen LogP contribution in [-0.4, -0.2) is 37.6 Å². The van der Waals surface area contributed by atoms with E-state index in [2.05, 4.69) is 19.2 Å². The van der Waals surface area contributed by atoms with Crippen LogP contribution in [0, 0.1) is 0 Å². The minimum absolute atomic E-state index is 0.0497. The van der Waals surface area contributed by atoms with Gasteiger partial charge in [-0.15, -0.1) is 0 Å². The Balaban J connectivity index is 2.05. The van der Waals surface area contributed by atoms with Crippen molar-refractivity contribution >= 4 is 17.5 Å². The predicted molar refractivity (Wildman–Crippen MR) is 81.3 cm³/mol. The zero-order valence-corrected chi connectivity index (χ0v) is 12.8. The lowest BCUT2D eigenvalue weighted by atomic mass is 10.0. The molecule has 2 rings (SSSR count). The van der Waals surface area contributed by atoms with Gasteiger partial charge in [0.05, 0.1) is 12.6 Å². The number of anilines is 1. The molecule has 1 aromatic carbocycles. The number of amides is 2. The molecule has 1 atom stereocenters. The van der Waals surface area contributed by atoms with Crippen LogP contribution in [0.5, 0.6) is 0 Å². The van der Waals surface area contributed by atoms with Crippen molar-refractivity contribution in [3.8, 4) is 0 Å². The van der Waals surface area contributed by atoms with E-state index >= 15 is 0 Å². The fraction of sp³-hybridized carbons (Fsp3) is 0.500. The Labute approximate surface area is 125 Å². The maximum atomic E-state index is 12.0. The summed E-state index contributed by atoms with van der Waals surface area (Å²) in [7, 11) is 0. The average molecular weight is 290 g/mol. The van der Waals surface area contributed by atoms with Gasteiger partial charge in [-0.2, -0.15) is 0 Å². The average Bonchev–Trinajstić information content (AvgIpc) is 2.46. The molecule has 0 aromatic heterocycles. The first-order valence-corrected chi connectivity index (χ1v) is 7.23. The van der Waals surface area contributed by atoms with Crippen LogP contribution < -0.4 is 10.2 Å². The van der Waals surface area contributed by atoms with Crippen LogP contribution in [0.25, 0.3) is 0 Å². The predicted octanol–water partition coefficient (Wildman–Crippen LogP) is 1.68. The second-order valence-corrected chi connectivity index (χ2v) is 5.62. The lowest BCUT2D eigenvalue weighted by molar-refractivity contribution is -0.129. The fourth-order valence-corrected chi connectivity index (χ4v) is 2.29. The molecule has 0 radical (unpaired) electrons. The maximum Gasteiger partial charge on any atom is 0.253 e. The van der Waals surface area contributed by atoms with Crippen molar-refractivity contribution in [3.63, 3.8) is 0 Å². The van der Waals surface area contributed by atoms with Crippen LogP contribution in [0.4, 0.5) is 5.69 Å². The van der Waals surface area contributed by atoms with E-state index in [0.29, 0.717) is 19.0 Å². The Kier molecular flexibility index (Phi) is 4.96. The summed E-state index contributed by atoms with van der Waals surface area (Å²) in [5.74, 6) is 0.321. The minimum Gasteiger partial charge on any atom is -0.365 e. The number of hydrogen-bond donors (Lipinski definition) is 1. The summed E-state index contributed by atoms with van der Waals surface area (Å²) in [5, 5.41) is 2.72. The molecular formula is C16H22N2O3. The van der Waals surface area contributed by atoms with Gasteiger partial charge in [0.25, 0.3) is 5.91 Å². The van der Waals surface area contributed by atoms with Crippen molar-refractivity contribution in [2.45, 2.75) is 32.8 Å². The Hall–Kier alpha value is -1.88. The molecule has 0 saturated carbocycles. The Morgan fingerprint density at radius 3 is 2.62 bits per heavy atom. The minimum atomic E-state index is -0.170. The monoisotopic (exact) mass is 290 g/mol. The number of morpholine rings is 1. The van der Waals surface area contributed by atoms with Gasteiger partial charge in [0.1, 0.15) is 6.61 Å². The van der Waals surface area contributed by atoms with Gasteiger partial charge < -0.3 is 15.0 Å². The quantitative estimate of drug-likeness (QED) is 0.918. The zero-order valence-electron chi connectivity index (χ0n) is 12.8. The molecule has 1 aliphatic heterocycles. The van der Waals surface area contributed by atoms with Crippen molar-refractivity contribution in [2.24, 2.45) is 0 Å². The second-order valence-electron chi connectivity index (χ2n) is 5.62. The lowest BCUT2D eigenvalue weighted by Crippen LogP contribution is -2.50. The molecule has 0 aliphatic carbocycles. The summed E-state index contributed by atoms with van der Waals surface area (Å²) in [6.45, 7) is 6.67. The van der Waals surface area contributed by atoms with Gasteiger partial charge in [-0.05, 0) is 23.6 Å². The molecule has 1 unspecified atom stereocenters. The summed E-state index contributed by atoms with van der Waals surface area (Å²) < 4.78 is 5.45. The number of rotatable bonds is 4. The normalized spacial score (nSPS) is 19.0. The molecule has 1 heterocycles. The highest BCUT2D eigenvalue weighted by Crippen LogP contribution is 2.22. The summed E-state index contributed by atoms with van der Waals surface area (Å²) in [5.41, 5.74) is 2.12. The highest BCUT2D eigenvalue weighted by atomic mass is 16.5. The summed E-state index contributed by atoms with van der Waals surface area (Å²) in [6.07, 6.45) is -0.170. The van der Waals surface area contributed by atoms with Crippen LogP contribution in [0.1, 0.15) is 32.3 Å². The number of carbonyl (C=O) groups excluding carboxylic acids is 2. The van der Waals surface area contributed by atoms with E-state index in [1.54, 1.807) is 4.90 Å². The Bertz CT molecular complexity index is 511. The zero-order chi connectivity index (χ0) is 15.4. The Morgan fingerprint density at radius 1 is 1.38 bits per heavy atom. The number of nitrogens with zero attached hydrogens (tertiary/aromatic N) is 1. The molecule has 1 fully saturated rings. The first kappa shape index (κ1) is 15.5. The Morgan fingerprint density at radius 2 is 2.05 bits per heavy atom. The van der Waals surface area contributed by atoms with E-state index in [0.717, 1.165) is 5.69 Å². The number of nitrogens with one attached hydrogen (secondary N) is 1. The lowest BCUT2D eigenvalue weighted by Gasteiger charge is -2.33. The van der Waals surface area contributed by atoms with E-state index in [4.69, 9.17) is 4.74 Å². The highest BCUT2D eigenvalue weighted by Gasteiger charge is 2.27. The molecule has 21 heavy (non-hydrogen) atoms. The van der Waals surface area contributed by atoms with Gasteiger partial charge in [0, 0.05) is 19.2 Å². The van der Waals surface area contributed by atoms with Gasteiger partial charge >= 0.3 is 0 Å². The molecule has 1 aliphatic rings. The molecule has 1 aromatic rings. The van der Waals surface area contributed by atoms with Gasteiger partial charge in [-0.3, -0.25) is 9.59 Å². The van der Waals surface area contributed by atoms with E-state index in [-0.39, 0.29) is 24.5 Å². The van der Waals surface area contributed by atoms with E-state index < -0.39 is 0 Å². The van der Waals surface area contributed by atoms with E-state index in [1.807, 2.05) is 24.3 Å². The molecule has 0 bridgehead atoms. The molecule has 0 spiro atoms. The third-order valence-electron chi connectivity index (χ3n) is 3.58. The third-order valence-corrected chi connectivity index (χ3v) is 3.58. The summed E-state index contributed by atoms with van der Waals surface area (Å²) in [4.78, 5) is 24.7. The largest absolute Gasteiger partial charge is 0.365 e. The van der Waals surface area contributed by atoms with Crippen LogP contribution >= 0.6 is 0 Å². The van der Waals surface area contributed by atoms with Crippen molar-refractivity contribution < 1.29 is 14.3 Å². The molecule has 5 heteroatoms. The molecule has 5 nitrogen and oxygen atoms in total. The standard InChI is InChI=1S/C16H22N2O3/c1-11(2)13-4-6-14(7-5-13)18-9-15(8-17-12(3)19)21-10-16(18)20/h4-7,11,15H,8-10H2,1-3H3,(H,17,19). The highest BCUT2D eigenvalue weighted by molar-refractivity contribution is 5.95. The van der Waals surface area contributed by atoms with Gasteiger partial charge in [-0.25, -0.2) is 0 Å². The van der Waals surface area contributed by atoms with Crippen molar-refractivity contribution in [2.75, 3.05) is 24.6 Å². The number of benzene rings is 1. The summed E-state index contributed by atoms with van der Waals surface area (Å²) in [6, 6.07) is 8.03. The van der Waals surface area contributed by atoms with Crippen LogP contribution in [0.2, 0.25) is 0 Å².